The maximum atomic E-state index is 14.3. The number of hydrogen-bond donors (Lipinski definition) is 6. The number of halogens is 1. The van der Waals surface area contributed by atoms with Gasteiger partial charge in [-0.05, 0) is 12.8 Å². The molecule has 0 radical (unpaired) electrons. The number of rotatable bonds is 7. The van der Waals surface area contributed by atoms with Crippen LogP contribution in [-0.2, 0) is 10.6 Å². The summed E-state index contributed by atoms with van der Waals surface area (Å²) in [5.41, 5.74) is -5.36. The first kappa shape index (κ1) is 20.6. The SMILES string of the molecule is CCCCC(F)N(O)[C@@]1(O)[C@H](O)[C@@H](CO)O[C@]1(O)n1ccc(=O)[nH]c1=O. The molecule has 0 saturated carbocycles. The monoisotopic (exact) mass is 379 g/mol. The molecule has 1 aromatic rings. The first-order chi connectivity index (χ1) is 12.1. The van der Waals surface area contributed by atoms with E-state index in [9.17, 15) is 39.6 Å². The molecule has 0 aromatic carbocycles. The molecule has 1 fully saturated rings. The Morgan fingerprint density at radius 1 is 1.46 bits per heavy atom. The van der Waals surface area contributed by atoms with Crippen LogP contribution in [0, 0.1) is 0 Å². The van der Waals surface area contributed by atoms with Crippen LogP contribution in [0.1, 0.15) is 26.2 Å². The van der Waals surface area contributed by atoms with E-state index in [-0.39, 0.29) is 16.1 Å². The number of hydroxylamine groups is 2. The van der Waals surface area contributed by atoms with Gasteiger partial charge in [-0.2, -0.15) is 0 Å². The minimum Gasteiger partial charge on any atom is -0.394 e. The molecule has 0 aliphatic carbocycles. The molecule has 26 heavy (non-hydrogen) atoms. The van der Waals surface area contributed by atoms with E-state index in [0.717, 1.165) is 12.3 Å². The highest BCUT2D eigenvalue weighted by Gasteiger charge is 2.71. The third-order valence-electron chi connectivity index (χ3n) is 4.30. The average molecular weight is 379 g/mol. The molecule has 11 nitrogen and oxygen atoms in total. The molecule has 12 heteroatoms. The van der Waals surface area contributed by atoms with E-state index in [4.69, 9.17) is 4.74 Å². The Bertz CT molecular complexity index is 741. The van der Waals surface area contributed by atoms with Crippen molar-refractivity contribution in [1.82, 2.24) is 14.6 Å². The van der Waals surface area contributed by atoms with Crippen LogP contribution in [0.25, 0.3) is 0 Å². The van der Waals surface area contributed by atoms with Crippen molar-refractivity contribution in [1.29, 1.82) is 0 Å². The summed E-state index contributed by atoms with van der Waals surface area (Å²) < 4.78 is 19.6. The van der Waals surface area contributed by atoms with Gasteiger partial charge < -0.3 is 30.4 Å². The Morgan fingerprint density at radius 2 is 2.12 bits per heavy atom. The minimum absolute atomic E-state index is 0.261. The smallest absolute Gasteiger partial charge is 0.332 e. The summed E-state index contributed by atoms with van der Waals surface area (Å²) >= 11 is 0. The Morgan fingerprint density at radius 3 is 2.65 bits per heavy atom. The van der Waals surface area contributed by atoms with Crippen LogP contribution in [0.3, 0.4) is 0 Å². The van der Waals surface area contributed by atoms with E-state index in [1.807, 2.05) is 0 Å². The molecule has 1 aliphatic heterocycles. The molecule has 1 saturated heterocycles. The van der Waals surface area contributed by atoms with Crippen LogP contribution < -0.4 is 11.2 Å². The number of alkyl halides is 1. The molecule has 1 aliphatic rings. The van der Waals surface area contributed by atoms with Crippen molar-refractivity contribution in [3.63, 3.8) is 0 Å². The fourth-order valence-electron chi connectivity index (χ4n) is 2.83. The average Bonchev–Trinajstić information content (AvgIpc) is 2.81. The van der Waals surface area contributed by atoms with Gasteiger partial charge in [0.25, 0.3) is 5.56 Å². The highest BCUT2D eigenvalue weighted by atomic mass is 19.1. The van der Waals surface area contributed by atoms with E-state index in [1.54, 1.807) is 11.9 Å². The summed E-state index contributed by atoms with van der Waals surface area (Å²) in [5.74, 6) is -3.22. The summed E-state index contributed by atoms with van der Waals surface area (Å²) in [7, 11) is 0. The van der Waals surface area contributed by atoms with Crippen molar-refractivity contribution in [2.24, 2.45) is 0 Å². The van der Waals surface area contributed by atoms with Gasteiger partial charge in [0.2, 0.25) is 5.72 Å². The molecule has 0 spiro atoms. The number of ether oxygens (including phenoxy) is 1. The largest absolute Gasteiger partial charge is 0.394 e. The van der Waals surface area contributed by atoms with Gasteiger partial charge in [0.1, 0.15) is 12.2 Å². The number of unbranched alkanes of at least 4 members (excludes halogenated alkanes) is 1. The first-order valence-corrected chi connectivity index (χ1v) is 7.99. The van der Waals surface area contributed by atoms with Gasteiger partial charge in [-0.25, -0.2) is 13.8 Å². The van der Waals surface area contributed by atoms with Crippen LogP contribution >= 0.6 is 0 Å². The molecule has 1 aromatic heterocycles. The fourth-order valence-corrected chi connectivity index (χ4v) is 2.83. The van der Waals surface area contributed by atoms with Gasteiger partial charge in [0.05, 0.1) is 6.61 Å². The number of aliphatic hydroxyl groups is 4. The number of aromatic nitrogens is 2. The summed E-state index contributed by atoms with van der Waals surface area (Å²) in [6.45, 7) is 0.832. The van der Waals surface area contributed by atoms with E-state index in [1.165, 1.54) is 0 Å². The molecular weight excluding hydrogens is 357 g/mol. The standard InChI is InChI=1S/C14H22FN3O8/c1-2-3-4-9(15)18(25)13(23)11(21)8(7-19)26-14(13,24)17-6-5-10(20)16-12(17)22/h5-6,8-9,11,19,21,23-25H,2-4,7H2,1H3,(H,16,20,22)/t8-,9?,11-,13-,14+/m1/s1. The normalized spacial score (nSPS) is 32.9. The number of nitrogens with one attached hydrogen (secondary N) is 1. The van der Waals surface area contributed by atoms with Crippen molar-refractivity contribution in [2.45, 2.75) is 56.3 Å². The fraction of sp³-hybridized carbons (Fsp3) is 0.714. The second-order valence-electron chi connectivity index (χ2n) is 6.02. The number of nitrogens with zero attached hydrogens (tertiary/aromatic N) is 2. The number of aliphatic hydroxyl groups excluding tert-OH is 2. The predicted octanol–water partition coefficient (Wildman–Crippen LogP) is -2.24. The summed E-state index contributed by atoms with van der Waals surface area (Å²) in [6, 6.07) is 0.799. The number of H-pyrrole nitrogens is 1. The lowest BCUT2D eigenvalue weighted by Crippen LogP contribution is -2.69. The van der Waals surface area contributed by atoms with Gasteiger partial charge in [-0.3, -0.25) is 9.78 Å². The molecular formula is C14H22FN3O8. The topological polar surface area (TPSA) is 168 Å². The zero-order chi connectivity index (χ0) is 19.7. The van der Waals surface area contributed by atoms with E-state index >= 15 is 0 Å². The molecule has 148 valence electrons. The van der Waals surface area contributed by atoms with Gasteiger partial charge >= 0.3 is 11.6 Å². The molecule has 2 rings (SSSR count). The first-order valence-electron chi connectivity index (χ1n) is 7.99. The second kappa shape index (κ2) is 7.52. The van der Waals surface area contributed by atoms with Gasteiger partial charge in [0, 0.05) is 12.3 Å². The lowest BCUT2D eigenvalue weighted by Gasteiger charge is -2.42. The quantitative estimate of drug-likeness (QED) is 0.174. The summed E-state index contributed by atoms with van der Waals surface area (Å²) in [5, 5.41) is 51.0. The van der Waals surface area contributed by atoms with Crippen LogP contribution in [-0.4, -0.2) is 71.1 Å². The second-order valence-corrected chi connectivity index (χ2v) is 6.02. The highest BCUT2D eigenvalue weighted by Crippen LogP contribution is 2.44. The molecule has 1 unspecified atom stereocenters. The summed E-state index contributed by atoms with van der Waals surface area (Å²) in [6.07, 6.45) is -4.77. The van der Waals surface area contributed by atoms with Gasteiger partial charge in [0.15, 0.2) is 6.30 Å². The molecule has 6 N–H and O–H groups in total. The zero-order valence-corrected chi connectivity index (χ0v) is 13.9. The van der Waals surface area contributed by atoms with E-state index in [0.29, 0.717) is 12.8 Å². The van der Waals surface area contributed by atoms with Gasteiger partial charge in [-0.15, -0.1) is 5.06 Å². The van der Waals surface area contributed by atoms with Crippen molar-refractivity contribution >= 4 is 0 Å². The Labute approximate surface area is 146 Å². The lowest BCUT2D eigenvalue weighted by molar-refractivity contribution is -0.428. The van der Waals surface area contributed by atoms with Crippen molar-refractivity contribution < 1.29 is 34.8 Å². The summed E-state index contributed by atoms with van der Waals surface area (Å²) in [4.78, 5) is 25.0. The maximum absolute atomic E-state index is 14.3. The molecule has 0 amide bonds. The Balaban J connectivity index is 2.57. The Hall–Kier alpha value is -1.67. The predicted molar refractivity (Wildman–Crippen MR) is 82.5 cm³/mol. The number of aromatic amines is 1. The van der Waals surface area contributed by atoms with Crippen LogP contribution in [0.5, 0.6) is 0 Å². The van der Waals surface area contributed by atoms with Crippen molar-refractivity contribution in [2.75, 3.05) is 6.61 Å². The maximum Gasteiger partial charge on any atom is 0.332 e. The minimum atomic E-state index is -3.27. The van der Waals surface area contributed by atoms with Crippen LogP contribution in [0.2, 0.25) is 0 Å². The van der Waals surface area contributed by atoms with E-state index < -0.39 is 48.0 Å². The van der Waals surface area contributed by atoms with E-state index in [2.05, 4.69) is 0 Å². The van der Waals surface area contributed by atoms with Gasteiger partial charge in [-0.1, -0.05) is 13.3 Å². The van der Waals surface area contributed by atoms with Crippen LogP contribution in [0.15, 0.2) is 21.9 Å². The number of hydrogen-bond acceptors (Lipinski definition) is 9. The zero-order valence-electron chi connectivity index (χ0n) is 13.9. The Kier molecular flexibility index (Phi) is 5.97. The van der Waals surface area contributed by atoms with Crippen molar-refractivity contribution in [3.8, 4) is 0 Å². The van der Waals surface area contributed by atoms with Crippen molar-refractivity contribution in [3.05, 3.63) is 33.1 Å². The molecule has 2 heterocycles. The molecule has 5 atom stereocenters. The third kappa shape index (κ3) is 3.09. The third-order valence-corrected chi connectivity index (χ3v) is 4.30. The lowest BCUT2D eigenvalue weighted by atomic mass is 10.00. The molecule has 0 bridgehead atoms. The highest BCUT2D eigenvalue weighted by molar-refractivity contribution is 5.05. The van der Waals surface area contributed by atoms with Crippen LogP contribution in [0.4, 0.5) is 4.39 Å².